The monoisotopic (exact) mass is 604 g/mol. The Morgan fingerprint density at radius 2 is 0.889 bits per heavy atom. The molecule has 4 heteroatoms. The molecule has 0 fully saturated rings. The predicted octanol–water partition coefficient (Wildman–Crippen LogP) is 6.87. The van der Waals surface area contributed by atoms with Gasteiger partial charge in [0.15, 0.2) is 0 Å². The maximum absolute atomic E-state index is 4.21. The number of hydrogen-bond donors (Lipinski definition) is 0. The van der Waals surface area contributed by atoms with E-state index in [1.165, 1.54) is 33.4 Å². The molecule has 182 valence electrons. The Bertz CT molecular complexity index is 1410. The Morgan fingerprint density at radius 1 is 0.528 bits per heavy atom. The van der Waals surface area contributed by atoms with Gasteiger partial charge in [0.1, 0.15) is 0 Å². The summed E-state index contributed by atoms with van der Waals surface area (Å²) < 4.78 is 3.96. The van der Waals surface area contributed by atoms with E-state index in [2.05, 4.69) is 142 Å². The topological polar surface area (TPSA) is 0 Å². The second-order valence-corrected chi connectivity index (χ2v) is 33.2. The molecule has 0 radical (unpaired) electrons. The second kappa shape index (κ2) is 10.1. The fourth-order valence-electron chi connectivity index (χ4n) is 6.62. The molecule has 0 amide bonds. The van der Waals surface area contributed by atoms with Gasteiger partial charge >= 0.3 is 207 Å². The Hall–Kier alpha value is -1.96. The summed E-state index contributed by atoms with van der Waals surface area (Å²) in [6.45, 7) is 6.81. The van der Waals surface area contributed by atoms with Crippen LogP contribution in [0.3, 0.4) is 0 Å². The average molecular weight is 607 g/mol. The van der Waals surface area contributed by atoms with Crippen molar-refractivity contribution < 1.29 is 17.4 Å². The van der Waals surface area contributed by atoms with E-state index in [1.807, 2.05) is 0 Å². The minimum atomic E-state index is -4.21. The molecular formula is C32H32Cl2SiZr. The van der Waals surface area contributed by atoms with Crippen LogP contribution in [0.15, 0.2) is 109 Å². The molecule has 2 atom stereocenters. The van der Waals surface area contributed by atoms with Crippen molar-refractivity contribution in [2.24, 2.45) is 0 Å². The van der Waals surface area contributed by atoms with Crippen molar-refractivity contribution in [2.45, 2.75) is 21.1 Å². The van der Waals surface area contributed by atoms with Crippen LogP contribution in [0.25, 0.3) is 12.2 Å². The minimum Gasteiger partial charge on any atom is -0.147 e. The Labute approximate surface area is 229 Å². The fourth-order valence-corrected chi connectivity index (χ4v) is 31.0. The maximum Gasteiger partial charge on any atom is -0.147 e. The molecule has 0 saturated carbocycles. The quantitative estimate of drug-likeness (QED) is 0.223. The number of rotatable bonds is 4. The van der Waals surface area contributed by atoms with E-state index < -0.39 is 17.4 Å². The number of allylic oxidation sites excluding steroid dienone is 2. The third-order valence-electron chi connectivity index (χ3n) is 8.49. The summed E-state index contributed by atoms with van der Waals surface area (Å²) in [7, 11) is 0. The molecule has 2 aliphatic carbocycles. The first kappa shape index (κ1) is 27.1. The number of benzene rings is 4. The average Bonchev–Trinajstić information content (AvgIpc) is 3.50. The van der Waals surface area contributed by atoms with Crippen molar-refractivity contribution in [3.63, 3.8) is 0 Å². The molecule has 0 bridgehead atoms. The van der Waals surface area contributed by atoms with E-state index in [9.17, 15) is 0 Å². The van der Waals surface area contributed by atoms with E-state index in [0.29, 0.717) is 7.25 Å². The molecule has 0 heterocycles. The molecule has 2 aliphatic rings. The zero-order chi connectivity index (χ0) is 23.4. The Kier molecular flexibility index (Phi) is 7.58. The van der Waals surface area contributed by atoms with Crippen molar-refractivity contribution in [3.05, 3.63) is 143 Å². The zero-order valence-corrected chi connectivity index (χ0v) is 26.2. The van der Waals surface area contributed by atoms with Gasteiger partial charge in [-0.3, -0.25) is 0 Å². The first-order valence-electron chi connectivity index (χ1n) is 12.2. The van der Waals surface area contributed by atoms with Crippen LogP contribution >= 0.6 is 24.8 Å². The van der Waals surface area contributed by atoms with Crippen LogP contribution in [0.1, 0.15) is 40.6 Å². The molecule has 2 unspecified atom stereocenters. The fraction of sp³-hybridized carbons (Fsp3) is 0.125. The SMILES string of the molecule is Cc1cc[c]([Zr](=[SiH2])([c]2ccc(C)cc2)([CH]2C=Cc3ccccc32)[CH]2C=Cc3ccccc32)cc1.Cl.Cl. The summed E-state index contributed by atoms with van der Waals surface area (Å²) in [6.07, 6.45) is 9.87. The van der Waals surface area contributed by atoms with Crippen LogP contribution in [0.5, 0.6) is 0 Å². The molecular weight excluding hydrogens is 575 g/mol. The third kappa shape index (κ3) is 3.81. The van der Waals surface area contributed by atoms with Crippen LogP contribution in [-0.4, -0.2) is 6.88 Å². The Morgan fingerprint density at radius 3 is 1.28 bits per heavy atom. The van der Waals surface area contributed by atoms with Crippen molar-refractivity contribution in [1.82, 2.24) is 0 Å². The second-order valence-electron chi connectivity index (χ2n) is 10.3. The summed E-state index contributed by atoms with van der Waals surface area (Å²) in [5, 5.41) is 0. The van der Waals surface area contributed by atoms with Gasteiger partial charge in [0, 0.05) is 0 Å². The van der Waals surface area contributed by atoms with Crippen LogP contribution in [0, 0.1) is 13.8 Å². The van der Waals surface area contributed by atoms with Crippen LogP contribution in [-0.2, 0) is 17.4 Å². The number of hydrogen-bond acceptors (Lipinski definition) is 0. The summed E-state index contributed by atoms with van der Waals surface area (Å²) in [5.41, 5.74) is 8.42. The minimum absolute atomic E-state index is 0. The number of aryl methyl sites for hydroxylation is 2. The summed E-state index contributed by atoms with van der Waals surface area (Å²) in [4.78, 5) is 0. The molecule has 0 N–H and O–H groups in total. The Balaban J connectivity index is 0.00000152. The van der Waals surface area contributed by atoms with Crippen LogP contribution in [0.4, 0.5) is 0 Å². The van der Waals surface area contributed by atoms with Crippen molar-refractivity contribution in [2.75, 3.05) is 0 Å². The standard InChI is InChI=1S/2C9H7.2C7H7.2ClH.H2Si.Zr/c2*1-2-5-9-7-3-6-8(9)4-1;2*1-7-5-3-2-4-6-7;;;;/h2*1-7H;2*3-6H,1H3;2*1H;1H2;. The number of fused-ring (bicyclic) bond motifs is 2. The summed E-state index contributed by atoms with van der Waals surface area (Å²) >= 11 is -4.21. The molecule has 4 aromatic carbocycles. The third-order valence-corrected chi connectivity index (χ3v) is 36.3. The molecule has 6 rings (SSSR count). The van der Waals surface area contributed by atoms with Gasteiger partial charge in [0.05, 0.1) is 0 Å². The zero-order valence-electron chi connectivity index (χ0n) is 20.7. The van der Waals surface area contributed by atoms with Gasteiger partial charge in [-0.15, -0.1) is 24.8 Å². The van der Waals surface area contributed by atoms with E-state index in [-0.39, 0.29) is 24.8 Å². The van der Waals surface area contributed by atoms with E-state index in [1.54, 1.807) is 6.54 Å². The molecule has 0 aliphatic heterocycles. The number of halogens is 2. The predicted molar refractivity (Wildman–Crippen MR) is 161 cm³/mol. The van der Waals surface area contributed by atoms with Gasteiger partial charge in [-0.25, -0.2) is 0 Å². The van der Waals surface area contributed by atoms with Crippen molar-refractivity contribution >= 4 is 50.4 Å². The van der Waals surface area contributed by atoms with Gasteiger partial charge < -0.3 is 0 Å². The normalized spacial score (nSPS) is 17.6. The van der Waals surface area contributed by atoms with Crippen LogP contribution in [0.2, 0.25) is 0 Å². The van der Waals surface area contributed by atoms with Gasteiger partial charge in [-0.2, -0.15) is 0 Å². The van der Waals surface area contributed by atoms with Gasteiger partial charge in [-0.05, 0) is 0 Å². The summed E-state index contributed by atoms with van der Waals surface area (Å²) in [5.74, 6) is 0. The van der Waals surface area contributed by atoms with Crippen LogP contribution < -0.4 is 6.54 Å². The van der Waals surface area contributed by atoms with Gasteiger partial charge in [0.2, 0.25) is 0 Å². The van der Waals surface area contributed by atoms with Gasteiger partial charge in [0.25, 0.3) is 0 Å². The van der Waals surface area contributed by atoms with Crippen molar-refractivity contribution in [1.29, 1.82) is 0 Å². The molecule has 0 nitrogen and oxygen atoms in total. The first-order valence-corrected chi connectivity index (χ1v) is 23.4. The molecule has 0 spiro atoms. The molecule has 0 saturated heterocycles. The largest absolute Gasteiger partial charge is 0.147 e. The van der Waals surface area contributed by atoms with Crippen molar-refractivity contribution in [3.8, 4) is 0 Å². The van der Waals surface area contributed by atoms with E-state index >= 15 is 0 Å². The van der Waals surface area contributed by atoms with E-state index in [4.69, 9.17) is 0 Å². The molecule has 0 aromatic heterocycles. The summed E-state index contributed by atoms with van der Waals surface area (Å²) in [6, 6.07) is 37.4. The van der Waals surface area contributed by atoms with E-state index in [0.717, 1.165) is 0 Å². The maximum atomic E-state index is 2.55. The first-order chi connectivity index (χ1) is 16.5. The molecule has 36 heavy (non-hydrogen) atoms. The smallest absolute Gasteiger partial charge is 0.147 e. The molecule has 4 aromatic rings. The van der Waals surface area contributed by atoms with Gasteiger partial charge in [-0.1, -0.05) is 0 Å².